The van der Waals surface area contributed by atoms with Crippen LogP contribution in [0.3, 0.4) is 0 Å². The fraction of sp³-hybridized carbons (Fsp3) is 0.429. The molecule has 0 heterocycles. The van der Waals surface area contributed by atoms with Crippen LogP contribution in [0, 0.1) is 11.5 Å². The molecule has 1 radical (unpaired) electrons. The third kappa shape index (κ3) is 5.07. The van der Waals surface area contributed by atoms with Crippen LogP contribution in [-0.4, -0.2) is 15.9 Å². The van der Waals surface area contributed by atoms with Gasteiger partial charge >= 0.3 is 0 Å². The van der Waals surface area contributed by atoms with Crippen molar-refractivity contribution >= 4 is 22.0 Å². The Morgan fingerprint density at radius 3 is 1.53 bits per heavy atom. The fourth-order valence-electron chi connectivity index (χ4n) is 6.25. The third-order valence-electron chi connectivity index (χ3n) is 6.14. The van der Waals surface area contributed by atoms with Gasteiger partial charge in [0.05, 0.1) is 7.59 Å². The molecule has 0 atom stereocenters. The molecule has 159 valence electrons. The Labute approximate surface area is 188 Å². The van der Waals surface area contributed by atoms with Crippen LogP contribution >= 0.6 is 0 Å². The summed E-state index contributed by atoms with van der Waals surface area (Å²) >= 11 is 0. The normalized spacial score (nSPS) is 13.4. The molecule has 0 bridgehead atoms. The summed E-state index contributed by atoms with van der Waals surface area (Å²) in [5.74, 6) is 3.58. The van der Waals surface area contributed by atoms with E-state index in [1.54, 1.807) is 0 Å². The molecule has 2 heteroatoms. The van der Waals surface area contributed by atoms with Crippen molar-refractivity contribution in [3.63, 3.8) is 0 Å². The topological polar surface area (TPSA) is 0 Å². The lowest BCUT2D eigenvalue weighted by atomic mass is 10.2. The molecule has 0 aromatic heterocycles. The molecule has 2 rings (SSSR count). The molecule has 0 N–H and O–H groups in total. The predicted octanol–water partition coefficient (Wildman–Crippen LogP) is 8.25. The minimum Gasteiger partial charge on any atom is -0.126 e. The quantitative estimate of drug-likeness (QED) is 0.339. The zero-order valence-electron chi connectivity index (χ0n) is 20.4. The van der Waals surface area contributed by atoms with E-state index in [1.807, 2.05) is 0 Å². The molecular weight excluding hydrogens is 392 g/mol. The molecule has 0 amide bonds. The molecule has 2 aromatic carbocycles. The van der Waals surface area contributed by atoms with Crippen LogP contribution in [0.5, 0.6) is 0 Å². The highest BCUT2D eigenvalue weighted by Crippen LogP contribution is 2.63. The minimum absolute atomic E-state index is 0.226. The van der Waals surface area contributed by atoms with Crippen molar-refractivity contribution in [3.8, 4) is 11.5 Å². The number of hydrogen-bond donors (Lipinski definition) is 0. The molecule has 0 saturated heterocycles. The molecule has 0 fully saturated rings. The fourth-order valence-corrected chi connectivity index (χ4v) is 25.6. The maximum atomic E-state index is 3.89. The Morgan fingerprint density at radius 2 is 1.10 bits per heavy atom. The summed E-state index contributed by atoms with van der Waals surface area (Å²) in [4.78, 5) is 0. The zero-order valence-corrected chi connectivity index (χ0v) is 22.4. The van der Waals surface area contributed by atoms with Crippen LogP contribution in [0.15, 0.2) is 66.4 Å². The van der Waals surface area contributed by atoms with Crippen LogP contribution in [0.2, 0.25) is 15.1 Å². The maximum absolute atomic E-state index is 3.89. The van der Waals surface area contributed by atoms with E-state index in [2.05, 4.69) is 146 Å². The largest absolute Gasteiger partial charge is 0.162 e. The number of hydrogen-bond acceptors (Lipinski definition) is 0. The molecule has 0 aliphatic heterocycles. The standard InChI is InChI=1S/C28H39Si2/c1-26(2,3)30(27(4,5)6,28(7,8)9)29(22-20-24-16-12-10-13-17-24)23-21-25-18-14-11-15-19-25/h10-20,22H,1-9H3/b22-20+. The van der Waals surface area contributed by atoms with Gasteiger partial charge in [0.2, 0.25) is 0 Å². The van der Waals surface area contributed by atoms with Gasteiger partial charge in [0.15, 0.2) is 8.31 Å². The average Bonchev–Trinajstić information content (AvgIpc) is 2.62. The molecule has 0 aliphatic rings. The molecule has 0 saturated carbocycles. The second-order valence-corrected chi connectivity index (χ2v) is 22.6. The van der Waals surface area contributed by atoms with E-state index in [-0.39, 0.29) is 15.1 Å². The summed E-state index contributed by atoms with van der Waals surface area (Å²) in [6, 6.07) is 21.2. The van der Waals surface area contributed by atoms with E-state index in [0.29, 0.717) is 0 Å². The maximum Gasteiger partial charge on any atom is 0.162 e. The van der Waals surface area contributed by atoms with Gasteiger partial charge in [0, 0.05) is 5.56 Å². The SMILES string of the molecule is CC(C)(C)[Si]([Si](C#Cc1ccccc1)/C=C/c1ccccc1)(C(C)(C)C)C(C)(C)C. The van der Waals surface area contributed by atoms with Crippen molar-refractivity contribution in [1.82, 2.24) is 0 Å². The van der Waals surface area contributed by atoms with E-state index >= 15 is 0 Å². The van der Waals surface area contributed by atoms with Crippen LogP contribution in [-0.2, 0) is 0 Å². The summed E-state index contributed by atoms with van der Waals surface area (Å²) in [6.45, 7) is 22.3. The Hall–Kier alpha value is -1.83. The Kier molecular flexibility index (Phi) is 7.43. The lowest BCUT2D eigenvalue weighted by Gasteiger charge is -2.61. The highest BCUT2D eigenvalue weighted by Gasteiger charge is 2.63. The minimum atomic E-state index is -2.00. The zero-order chi connectivity index (χ0) is 22.6. The van der Waals surface area contributed by atoms with Gasteiger partial charge in [-0.2, -0.15) is 0 Å². The van der Waals surface area contributed by atoms with Crippen LogP contribution in [0.25, 0.3) is 6.08 Å². The van der Waals surface area contributed by atoms with E-state index in [1.165, 1.54) is 5.56 Å². The molecule has 0 nitrogen and oxygen atoms in total. The smallest absolute Gasteiger partial charge is 0.126 e. The average molecular weight is 432 g/mol. The second-order valence-electron chi connectivity index (χ2n) is 11.3. The first kappa shape index (κ1) is 24.4. The van der Waals surface area contributed by atoms with Crippen molar-refractivity contribution < 1.29 is 0 Å². The van der Waals surface area contributed by atoms with Gasteiger partial charge in [0.25, 0.3) is 0 Å². The van der Waals surface area contributed by atoms with E-state index in [9.17, 15) is 0 Å². The van der Waals surface area contributed by atoms with Gasteiger partial charge in [-0.25, -0.2) is 0 Å². The number of rotatable bonds is 3. The van der Waals surface area contributed by atoms with E-state index in [0.717, 1.165) is 5.56 Å². The first-order valence-corrected chi connectivity index (χ1v) is 15.6. The Balaban J connectivity index is 2.76. The van der Waals surface area contributed by atoms with Gasteiger partial charge in [-0.05, 0) is 32.8 Å². The third-order valence-corrected chi connectivity index (χ3v) is 24.6. The van der Waals surface area contributed by atoms with Crippen molar-refractivity contribution in [2.75, 3.05) is 0 Å². The summed E-state index contributed by atoms with van der Waals surface area (Å²) < 4.78 is 0. The van der Waals surface area contributed by atoms with E-state index in [4.69, 9.17) is 0 Å². The van der Waals surface area contributed by atoms with Gasteiger partial charge in [0.1, 0.15) is 0 Å². The van der Waals surface area contributed by atoms with Gasteiger partial charge in [-0.15, -0.1) is 5.54 Å². The summed E-state index contributed by atoms with van der Waals surface area (Å²) in [5, 5.41) is 0.679. The molecule has 30 heavy (non-hydrogen) atoms. The van der Waals surface area contributed by atoms with Crippen LogP contribution < -0.4 is 0 Å². The Morgan fingerprint density at radius 1 is 0.667 bits per heavy atom. The molecule has 2 aromatic rings. The highest BCUT2D eigenvalue weighted by atomic mass is 29.2. The van der Waals surface area contributed by atoms with Gasteiger partial charge in [-0.3, -0.25) is 0 Å². The van der Waals surface area contributed by atoms with Crippen molar-refractivity contribution in [1.29, 1.82) is 0 Å². The van der Waals surface area contributed by atoms with E-state index < -0.39 is 15.9 Å². The predicted molar refractivity (Wildman–Crippen MR) is 139 cm³/mol. The molecule has 0 unspecified atom stereocenters. The molecule has 0 aliphatic carbocycles. The van der Waals surface area contributed by atoms with Crippen molar-refractivity contribution in [2.45, 2.75) is 77.4 Å². The number of benzene rings is 2. The first-order chi connectivity index (χ1) is 13.8. The Bertz CT molecular complexity index is 857. The lowest BCUT2D eigenvalue weighted by Crippen LogP contribution is -2.68. The highest BCUT2D eigenvalue weighted by molar-refractivity contribution is 7.41. The molecule has 0 spiro atoms. The summed E-state index contributed by atoms with van der Waals surface area (Å²) in [5.41, 5.74) is 8.79. The first-order valence-electron chi connectivity index (χ1n) is 11.0. The molecular formula is C28H39Si2. The monoisotopic (exact) mass is 431 g/mol. The van der Waals surface area contributed by atoms with Crippen molar-refractivity contribution in [3.05, 3.63) is 77.5 Å². The van der Waals surface area contributed by atoms with Gasteiger partial charge in [-0.1, -0.05) is 129 Å². The van der Waals surface area contributed by atoms with Crippen LogP contribution in [0.4, 0.5) is 0 Å². The lowest BCUT2D eigenvalue weighted by molar-refractivity contribution is 0.555. The van der Waals surface area contributed by atoms with Crippen molar-refractivity contribution in [2.24, 2.45) is 0 Å². The summed E-state index contributed by atoms with van der Waals surface area (Å²) in [7, 11) is -3.11. The van der Waals surface area contributed by atoms with Crippen LogP contribution in [0.1, 0.15) is 73.4 Å². The second kappa shape index (κ2) is 9.12. The van der Waals surface area contributed by atoms with Gasteiger partial charge < -0.3 is 0 Å². The summed E-state index contributed by atoms with van der Waals surface area (Å²) in [6.07, 6.45) is 2.33.